The summed E-state index contributed by atoms with van der Waals surface area (Å²) in [5.74, 6) is 0.0615. The van der Waals surface area contributed by atoms with E-state index in [0.717, 1.165) is 33.4 Å². The number of hydrogen-bond donors (Lipinski definition) is 5. The van der Waals surface area contributed by atoms with Gasteiger partial charge in [0.1, 0.15) is 17.5 Å². The summed E-state index contributed by atoms with van der Waals surface area (Å²) in [5, 5.41) is 11.9. The van der Waals surface area contributed by atoms with E-state index in [-0.39, 0.29) is 30.3 Å². The van der Waals surface area contributed by atoms with Crippen LogP contribution >= 0.6 is 0 Å². The summed E-state index contributed by atoms with van der Waals surface area (Å²) in [6.45, 7) is 7.48. The number of ketones is 1. The summed E-state index contributed by atoms with van der Waals surface area (Å²) in [7, 11) is 0. The zero-order valence-electron chi connectivity index (χ0n) is 27.8. The topological polar surface area (TPSA) is 147 Å². The Bertz CT molecular complexity index is 1770. The molecular weight excluding hydrogens is 602 g/mol. The van der Waals surface area contributed by atoms with Crippen molar-refractivity contribution in [3.8, 4) is 5.75 Å². The van der Waals surface area contributed by atoms with Crippen molar-refractivity contribution in [3.63, 3.8) is 0 Å². The fourth-order valence-corrected chi connectivity index (χ4v) is 5.70. The van der Waals surface area contributed by atoms with Gasteiger partial charge in [0, 0.05) is 37.2 Å². The standard InChI is InChI=1S/C38H45N7O3/c1-25(2)48-34-12-7-19-41-33(34)23-44-35(39)18-17-32(38(47)45-26(3)30-11-6-9-28-8-4-5-10-31(28)30)37(46)29-15-13-27(14-16-29)22-40-24-36-42-20-21-43-36/h4-16,19-21,25-26,32,35,40,44H,17-18,22-24,39H2,1-3H3,(H,42,43)(H,45,47)/t26-,32-,35?/m0/s1. The molecule has 3 atom stereocenters. The number of imidazole rings is 1. The number of aromatic nitrogens is 3. The molecule has 3 aromatic carbocycles. The van der Waals surface area contributed by atoms with Crippen LogP contribution < -0.4 is 26.4 Å². The number of carbonyl (C=O) groups excluding carboxylic acids is 2. The molecule has 0 aliphatic rings. The summed E-state index contributed by atoms with van der Waals surface area (Å²) in [6, 6.07) is 24.9. The van der Waals surface area contributed by atoms with Gasteiger partial charge in [-0.25, -0.2) is 4.98 Å². The molecule has 48 heavy (non-hydrogen) atoms. The van der Waals surface area contributed by atoms with E-state index in [1.54, 1.807) is 30.7 Å². The molecule has 0 radical (unpaired) electrons. The Morgan fingerprint density at radius 3 is 2.42 bits per heavy atom. The lowest BCUT2D eigenvalue weighted by atomic mass is 9.90. The van der Waals surface area contributed by atoms with Gasteiger partial charge in [-0.05, 0) is 67.6 Å². The van der Waals surface area contributed by atoms with Crippen LogP contribution in [0, 0.1) is 5.92 Å². The van der Waals surface area contributed by atoms with E-state index in [9.17, 15) is 9.59 Å². The zero-order chi connectivity index (χ0) is 33.9. The predicted octanol–water partition coefficient (Wildman–Crippen LogP) is 5.57. The first-order valence-electron chi connectivity index (χ1n) is 16.5. The molecule has 6 N–H and O–H groups in total. The summed E-state index contributed by atoms with van der Waals surface area (Å²) >= 11 is 0. The summed E-state index contributed by atoms with van der Waals surface area (Å²) in [5.41, 5.74) is 9.72. The van der Waals surface area contributed by atoms with Gasteiger partial charge in [0.2, 0.25) is 5.91 Å². The molecule has 5 rings (SSSR count). The van der Waals surface area contributed by atoms with E-state index in [4.69, 9.17) is 10.5 Å². The van der Waals surface area contributed by atoms with E-state index in [0.29, 0.717) is 37.4 Å². The number of H-pyrrole nitrogens is 1. The van der Waals surface area contributed by atoms with Crippen molar-refractivity contribution in [2.45, 2.75) is 71.6 Å². The maximum absolute atomic E-state index is 14.0. The zero-order valence-corrected chi connectivity index (χ0v) is 27.8. The van der Waals surface area contributed by atoms with Gasteiger partial charge in [0.05, 0.1) is 30.6 Å². The van der Waals surface area contributed by atoms with Crippen LogP contribution in [0.25, 0.3) is 10.8 Å². The summed E-state index contributed by atoms with van der Waals surface area (Å²) in [6.07, 6.45) is 5.42. The van der Waals surface area contributed by atoms with Gasteiger partial charge < -0.3 is 26.1 Å². The number of nitrogens with one attached hydrogen (secondary N) is 4. The quantitative estimate of drug-likeness (QED) is 0.0501. The van der Waals surface area contributed by atoms with E-state index in [1.807, 2.05) is 87.5 Å². The van der Waals surface area contributed by atoms with Crippen LogP contribution in [0.4, 0.5) is 0 Å². The van der Waals surface area contributed by atoms with Crippen molar-refractivity contribution in [1.29, 1.82) is 0 Å². The largest absolute Gasteiger partial charge is 0.489 e. The molecule has 0 fully saturated rings. The van der Waals surface area contributed by atoms with Crippen molar-refractivity contribution >= 4 is 22.5 Å². The normalized spacial score (nSPS) is 13.3. The molecule has 2 aromatic heterocycles. The van der Waals surface area contributed by atoms with Crippen LogP contribution in [0.1, 0.15) is 72.7 Å². The average Bonchev–Trinajstić information content (AvgIpc) is 3.61. The lowest BCUT2D eigenvalue weighted by Gasteiger charge is -2.23. The Hall–Kier alpha value is -4.90. The van der Waals surface area contributed by atoms with Crippen LogP contribution in [0.5, 0.6) is 5.75 Å². The van der Waals surface area contributed by atoms with Crippen molar-refractivity contribution in [2.24, 2.45) is 11.7 Å². The fraction of sp³-hybridized carbons (Fsp3) is 0.316. The monoisotopic (exact) mass is 647 g/mol. The average molecular weight is 648 g/mol. The Morgan fingerprint density at radius 2 is 1.65 bits per heavy atom. The molecule has 10 nitrogen and oxygen atoms in total. The molecule has 0 aliphatic heterocycles. The Kier molecular flexibility index (Phi) is 12.0. The van der Waals surface area contributed by atoms with Gasteiger partial charge in [0.15, 0.2) is 5.78 Å². The van der Waals surface area contributed by atoms with Crippen LogP contribution in [0.15, 0.2) is 97.5 Å². The molecular formula is C38H45N7O3. The molecule has 10 heteroatoms. The highest BCUT2D eigenvalue weighted by atomic mass is 16.5. The highest BCUT2D eigenvalue weighted by Crippen LogP contribution is 2.25. The minimum atomic E-state index is -0.923. The number of nitrogens with zero attached hydrogens (tertiary/aromatic N) is 2. The van der Waals surface area contributed by atoms with Gasteiger partial charge in [0.25, 0.3) is 0 Å². The molecule has 1 unspecified atom stereocenters. The predicted molar refractivity (Wildman–Crippen MR) is 188 cm³/mol. The second-order valence-corrected chi connectivity index (χ2v) is 12.2. The van der Waals surface area contributed by atoms with Gasteiger partial charge >= 0.3 is 0 Å². The fourth-order valence-electron chi connectivity index (χ4n) is 5.70. The Labute approximate surface area is 281 Å². The lowest BCUT2D eigenvalue weighted by molar-refractivity contribution is -0.124. The van der Waals surface area contributed by atoms with Crippen molar-refractivity contribution < 1.29 is 14.3 Å². The first-order chi connectivity index (χ1) is 23.3. The molecule has 250 valence electrons. The maximum atomic E-state index is 14.0. The molecule has 0 saturated heterocycles. The third-order valence-corrected chi connectivity index (χ3v) is 8.21. The number of benzene rings is 3. The number of Topliss-reactive ketones (excluding diaryl/α,β-unsaturated/α-hetero) is 1. The number of nitrogens with two attached hydrogens (primary N) is 1. The van der Waals surface area contributed by atoms with Crippen LogP contribution in [-0.4, -0.2) is 38.9 Å². The number of fused-ring (bicyclic) bond motifs is 1. The molecule has 0 aliphatic carbocycles. The van der Waals surface area contributed by atoms with Crippen molar-refractivity contribution in [3.05, 3.63) is 126 Å². The van der Waals surface area contributed by atoms with Crippen molar-refractivity contribution in [1.82, 2.24) is 30.9 Å². The first kappa shape index (κ1) is 34.4. The minimum absolute atomic E-state index is 0.00947. The van der Waals surface area contributed by atoms with Crippen LogP contribution in [-0.2, 0) is 24.4 Å². The lowest BCUT2D eigenvalue weighted by Crippen LogP contribution is -2.41. The van der Waals surface area contributed by atoms with Crippen LogP contribution in [0.2, 0.25) is 0 Å². The SMILES string of the molecule is CC(C)Oc1cccnc1CNC(N)CC[C@H](C(=O)N[C@@H](C)c1cccc2ccccc12)C(=O)c1ccc(CNCc2ncc[nH]2)cc1. The summed E-state index contributed by atoms with van der Waals surface area (Å²) < 4.78 is 5.89. The number of rotatable bonds is 17. The molecule has 5 aromatic rings. The second-order valence-electron chi connectivity index (χ2n) is 12.2. The first-order valence-corrected chi connectivity index (χ1v) is 16.5. The minimum Gasteiger partial charge on any atom is -0.489 e. The van der Waals surface area contributed by atoms with E-state index < -0.39 is 12.1 Å². The molecule has 0 saturated carbocycles. The number of hydrogen-bond acceptors (Lipinski definition) is 8. The van der Waals surface area contributed by atoms with Crippen molar-refractivity contribution in [2.75, 3.05) is 0 Å². The number of amides is 1. The maximum Gasteiger partial charge on any atom is 0.231 e. The number of pyridine rings is 1. The third kappa shape index (κ3) is 9.34. The molecule has 1 amide bonds. The number of ether oxygens (including phenoxy) is 1. The van der Waals surface area contributed by atoms with E-state index in [2.05, 4.69) is 30.9 Å². The smallest absolute Gasteiger partial charge is 0.231 e. The molecule has 0 bridgehead atoms. The number of carbonyl (C=O) groups is 2. The van der Waals surface area contributed by atoms with E-state index in [1.165, 1.54) is 0 Å². The van der Waals surface area contributed by atoms with Gasteiger partial charge in [-0.2, -0.15) is 0 Å². The van der Waals surface area contributed by atoms with Gasteiger partial charge in [-0.3, -0.25) is 19.9 Å². The molecule has 2 heterocycles. The highest BCUT2D eigenvalue weighted by molar-refractivity contribution is 6.10. The van der Waals surface area contributed by atoms with Crippen LogP contribution in [0.3, 0.4) is 0 Å². The Balaban J connectivity index is 1.27. The summed E-state index contributed by atoms with van der Waals surface area (Å²) in [4.78, 5) is 39.6. The second kappa shape index (κ2) is 16.8. The number of aromatic amines is 1. The van der Waals surface area contributed by atoms with E-state index >= 15 is 0 Å². The highest BCUT2D eigenvalue weighted by Gasteiger charge is 2.29. The third-order valence-electron chi connectivity index (χ3n) is 8.21. The van der Waals surface area contributed by atoms with Gasteiger partial charge in [-0.15, -0.1) is 0 Å². The Morgan fingerprint density at radius 1 is 0.854 bits per heavy atom. The van der Waals surface area contributed by atoms with Gasteiger partial charge in [-0.1, -0.05) is 66.7 Å². The molecule has 0 spiro atoms.